The number of esters is 1. The van der Waals surface area contributed by atoms with E-state index in [2.05, 4.69) is 15.2 Å². The molecule has 0 saturated carbocycles. The van der Waals surface area contributed by atoms with Crippen molar-refractivity contribution in [3.63, 3.8) is 0 Å². The number of halogens is 1. The molecule has 1 N–H and O–H groups in total. The molecule has 2 aromatic carbocycles. The summed E-state index contributed by atoms with van der Waals surface area (Å²) in [6, 6.07) is 11.4. The van der Waals surface area contributed by atoms with Crippen LogP contribution >= 0.6 is 0 Å². The number of sulfonamides is 1. The van der Waals surface area contributed by atoms with Gasteiger partial charge >= 0.3 is 5.97 Å². The zero-order valence-corrected chi connectivity index (χ0v) is 24.0. The SMILES string of the molecule is CCOC(=O)/C=C/c1cccc(-c2cnc(Nc3ccc(F)c(S(=O)(=O)N4CCOCC4)c3)nc2N2CCOCC2)c1. The standard InChI is InChI=1S/C29H32FN5O6S/c1-2-41-27(36)9-6-21-4-3-5-22(18-21)24-20-31-29(33-28(24)34-10-14-39-15-11-34)32-23-7-8-25(30)26(19-23)42(37,38)35-12-16-40-17-13-35/h3-9,18-20H,2,10-17H2,1H3,(H,31,32,33)/b9-6+. The van der Waals surface area contributed by atoms with Crippen LogP contribution in [0, 0.1) is 5.82 Å². The van der Waals surface area contributed by atoms with Crippen molar-refractivity contribution in [3.8, 4) is 11.1 Å². The lowest BCUT2D eigenvalue weighted by molar-refractivity contribution is -0.137. The van der Waals surface area contributed by atoms with Crippen molar-refractivity contribution in [2.75, 3.05) is 69.4 Å². The summed E-state index contributed by atoms with van der Waals surface area (Å²) >= 11 is 0. The Hall–Kier alpha value is -3.91. The molecule has 0 spiro atoms. The zero-order valence-electron chi connectivity index (χ0n) is 23.2. The number of rotatable bonds is 9. The fraction of sp³-hybridized carbons (Fsp3) is 0.345. The van der Waals surface area contributed by atoms with Gasteiger partial charge in [0.15, 0.2) is 0 Å². The minimum Gasteiger partial charge on any atom is -0.463 e. The van der Waals surface area contributed by atoms with Crippen LogP contribution in [0.3, 0.4) is 0 Å². The van der Waals surface area contributed by atoms with Crippen LogP contribution in [0.4, 0.5) is 21.8 Å². The minimum absolute atomic E-state index is 0.159. The smallest absolute Gasteiger partial charge is 0.330 e. The number of hydrogen-bond acceptors (Lipinski definition) is 10. The molecule has 3 heterocycles. The second kappa shape index (κ2) is 13.4. The lowest BCUT2D eigenvalue weighted by atomic mass is 10.0. The fourth-order valence-electron chi connectivity index (χ4n) is 4.65. The van der Waals surface area contributed by atoms with E-state index in [1.165, 1.54) is 22.5 Å². The number of nitrogens with zero attached hydrogens (tertiary/aromatic N) is 4. The first-order chi connectivity index (χ1) is 20.3. The van der Waals surface area contributed by atoms with Gasteiger partial charge in [-0.3, -0.25) is 0 Å². The van der Waals surface area contributed by atoms with Crippen molar-refractivity contribution < 1.29 is 31.8 Å². The highest BCUT2D eigenvalue weighted by atomic mass is 32.2. The van der Waals surface area contributed by atoms with Crippen LogP contribution in [0.5, 0.6) is 0 Å². The van der Waals surface area contributed by atoms with Gasteiger partial charge in [-0.1, -0.05) is 18.2 Å². The molecule has 2 aliphatic rings. The van der Waals surface area contributed by atoms with Crippen LogP contribution in [0.15, 0.2) is 59.6 Å². The zero-order chi connectivity index (χ0) is 29.5. The van der Waals surface area contributed by atoms with Crippen molar-refractivity contribution >= 4 is 39.5 Å². The minimum atomic E-state index is -4.05. The van der Waals surface area contributed by atoms with Gasteiger partial charge in [0.2, 0.25) is 16.0 Å². The summed E-state index contributed by atoms with van der Waals surface area (Å²) < 4.78 is 58.0. The van der Waals surface area contributed by atoms with Gasteiger partial charge in [0.05, 0.1) is 33.0 Å². The van der Waals surface area contributed by atoms with Gasteiger partial charge in [-0.2, -0.15) is 9.29 Å². The highest BCUT2D eigenvalue weighted by Crippen LogP contribution is 2.32. The summed E-state index contributed by atoms with van der Waals surface area (Å²) in [5, 5.41) is 3.04. The highest BCUT2D eigenvalue weighted by molar-refractivity contribution is 7.89. The van der Waals surface area contributed by atoms with Crippen LogP contribution in [-0.2, 0) is 29.0 Å². The Morgan fingerprint density at radius 1 is 1.07 bits per heavy atom. The first-order valence-corrected chi connectivity index (χ1v) is 15.1. The van der Waals surface area contributed by atoms with Crippen LogP contribution in [0.2, 0.25) is 0 Å². The van der Waals surface area contributed by atoms with Gasteiger partial charge in [0, 0.05) is 49.7 Å². The lowest BCUT2D eigenvalue weighted by Crippen LogP contribution is -2.40. The first kappa shape index (κ1) is 29.6. The Morgan fingerprint density at radius 3 is 2.55 bits per heavy atom. The number of carbonyl (C=O) groups is 1. The predicted molar refractivity (Wildman–Crippen MR) is 155 cm³/mol. The summed E-state index contributed by atoms with van der Waals surface area (Å²) in [5.74, 6) is -0.378. The molecule has 42 heavy (non-hydrogen) atoms. The molecule has 0 radical (unpaired) electrons. The summed E-state index contributed by atoms with van der Waals surface area (Å²) in [6.07, 6.45) is 4.75. The average molecular weight is 598 g/mol. The molecule has 0 unspecified atom stereocenters. The fourth-order valence-corrected chi connectivity index (χ4v) is 6.15. The van der Waals surface area contributed by atoms with Crippen molar-refractivity contribution in [2.45, 2.75) is 11.8 Å². The number of carbonyl (C=O) groups excluding carboxylic acids is 1. The molecule has 2 fully saturated rings. The van der Waals surface area contributed by atoms with Crippen LogP contribution < -0.4 is 10.2 Å². The van der Waals surface area contributed by atoms with Crippen LogP contribution in [-0.4, -0.2) is 87.9 Å². The summed E-state index contributed by atoms with van der Waals surface area (Å²) in [7, 11) is -4.05. The van der Waals surface area contributed by atoms with E-state index in [1.54, 1.807) is 19.2 Å². The van der Waals surface area contributed by atoms with E-state index in [4.69, 9.17) is 19.2 Å². The maximum absolute atomic E-state index is 14.7. The summed E-state index contributed by atoms with van der Waals surface area (Å²) in [5.41, 5.74) is 2.74. The number of morpholine rings is 2. The molecule has 1 aromatic heterocycles. The van der Waals surface area contributed by atoms with E-state index >= 15 is 0 Å². The molecule has 2 saturated heterocycles. The van der Waals surface area contributed by atoms with Gasteiger partial charge in [-0.15, -0.1) is 0 Å². The van der Waals surface area contributed by atoms with Gasteiger partial charge in [0.1, 0.15) is 16.5 Å². The second-order valence-electron chi connectivity index (χ2n) is 9.53. The third-order valence-electron chi connectivity index (χ3n) is 6.75. The lowest BCUT2D eigenvalue weighted by Gasteiger charge is -2.29. The largest absolute Gasteiger partial charge is 0.463 e. The number of benzene rings is 2. The molecule has 5 rings (SSSR count). The maximum atomic E-state index is 14.7. The molecule has 0 amide bonds. The number of nitrogens with one attached hydrogen (secondary N) is 1. The molecule has 0 atom stereocenters. The topological polar surface area (TPSA) is 123 Å². The average Bonchev–Trinajstić information content (AvgIpc) is 3.02. The van der Waals surface area contributed by atoms with Crippen LogP contribution in [0.1, 0.15) is 12.5 Å². The molecular formula is C29H32FN5O6S. The number of anilines is 3. The van der Waals surface area contributed by atoms with Crippen LogP contribution in [0.25, 0.3) is 17.2 Å². The highest BCUT2D eigenvalue weighted by Gasteiger charge is 2.29. The molecule has 0 aliphatic carbocycles. The van der Waals surface area contributed by atoms with E-state index in [0.29, 0.717) is 44.4 Å². The summed E-state index contributed by atoms with van der Waals surface area (Å²) in [4.78, 5) is 22.7. The molecule has 222 valence electrons. The molecule has 11 nitrogen and oxygen atoms in total. The Labute approximate surface area is 244 Å². The van der Waals surface area contributed by atoms with E-state index < -0.39 is 26.7 Å². The van der Waals surface area contributed by atoms with Crippen molar-refractivity contribution in [2.24, 2.45) is 0 Å². The van der Waals surface area contributed by atoms with Crippen molar-refractivity contribution in [3.05, 3.63) is 66.1 Å². The Morgan fingerprint density at radius 2 is 1.81 bits per heavy atom. The van der Waals surface area contributed by atoms with Crippen molar-refractivity contribution in [1.29, 1.82) is 0 Å². The van der Waals surface area contributed by atoms with E-state index in [-0.39, 0.29) is 32.3 Å². The third kappa shape index (κ3) is 6.93. The van der Waals surface area contributed by atoms with E-state index in [9.17, 15) is 17.6 Å². The van der Waals surface area contributed by atoms with Gasteiger partial charge in [0.25, 0.3) is 0 Å². The van der Waals surface area contributed by atoms with Gasteiger partial charge in [-0.05, 0) is 48.4 Å². The first-order valence-electron chi connectivity index (χ1n) is 13.6. The predicted octanol–water partition coefficient (Wildman–Crippen LogP) is 3.46. The molecule has 13 heteroatoms. The molecule has 3 aromatic rings. The monoisotopic (exact) mass is 597 g/mol. The molecule has 0 bridgehead atoms. The quantitative estimate of drug-likeness (QED) is 0.290. The maximum Gasteiger partial charge on any atom is 0.330 e. The Kier molecular flexibility index (Phi) is 9.42. The summed E-state index contributed by atoms with van der Waals surface area (Å²) in [6.45, 7) is 5.19. The van der Waals surface area contributed by atoms with Gasteiger partial charge < -0.3 is 24.4 Å². The van der Waals surface area contributed by atoms with E-state index in [1.807, 2.05) is 24.3 Å². The Bertz CT molecular complexity index is 1560. The molecular weight excluding hydrogens is 565 g/mol. The normalized spacial score (nSPS) is 16.5. The third-order valence-corrected chi connectivity index (χ3v) is 8.66. The Balaban J connectivity index is 1.45. The number of ether oxygens (including phenoxy) is 3. The van der Waals surface area contributed by atoms with Crippen molar-refractivity contribution in [1.82, 2.24) is 14.3 Å². The molecule has 2 aliphatic heterocycles. The van der Waals surface area contributed by atoms with E-state index in [0.717, 1.165) is 22.8 Å². The number of aromatic nitrogens is 2. The number of hydrogen-bond donors (Lipinski definition) is 1. The second-order valence-corrected chi connectivity index (χ2v) is 11.4. The van der Waals surface area contributed by atoms with Gasteiger partial charge in [-0.25, -0.2) is 22.6 Å².